The number of hydrogen-bond donors (Lipinski definition) is 3. The summed E-state index contributed by atoms with van der Waals surface area (Å²) >= 11 is 2.97. The average molecular weight is 378 g/mol. The summed E-state index contributed by atoms with van der Waals surface area (Å²) in [7, 11) is 0. The fraction of sp³-hybridized carbons (Fsp3) is 0.400. The molecule has 10 heteroatoms. The van der Waals surface area contributed by atoms with Crippen LogP contribution in [-0.2, 0) is 9.02 Å². The topological polar surface area (TPSA) is 73.4 Å². The van der Waals surface area contributed by atoms with Gasteiger partial charge in [0.15, 0.2) is 5.44 Å². The maximum Gasteiger partial charge on any atom is 0.225 e. The Morgan fingerprint density at radius 3 is 3.08 bits per heavy atom. The Kier molecular flexibility index (Phi) is 4.24. The van der Waals surface area contributed by atoms with E-state index >= 15 is 0 Å². The normalized spacial score (nSPS) is 31.8. The molecule has 0 aliphatic carbocycles. The van der Waals surface area contributed by atoms with Crippen molar-refractivity contribution < 1.29 is 9.02 Å². The first-order valence-corrected chi connectivity index (χ1v) is 9.83. The number of nitrogens with zero attached hydrogens (tertiary/aromatic N) is 3. The predicted molar refractivity (Wildman–Crippen MR) is 98.1 cm³/mol. The van der Waals surface area contributed by atoms with E-state index in [0.29, 0.717) is 0 Å². The van der Waals surface area contributed by atoms with Crippen LogP contribution >= 0.6 is 23.8 Å². The van der Waals surface area contributed by atoms with E-state index in [2.05, 4.69) is 38.5 Å². The number of ether oxygens (including phenoxy) is 1. The van der Waals surface area contributed by atoms with Crippen LogP contribution in [0.25, 0.3) is 0 Å². The van der Waals surface area contributed by atoms with Crippen molar-refractivity contribution in [3.8, 4) is 0 Å². The van der Waals surface area contributed by atoms with Gasteiger partial charge in [0.25, 0.3) is 0 Å². The monoisotopic (exact) mass is 378 g/mol. The van der Waals surface area contributed by atoms with Gasteiger partial charge in [-0.1, -0.05) is 17.8 Å². The molecule has 3 N–H and O–H groups in total. The van der Waals surface area contributed by atoms with Gasteiger partial charge in [-0.15, -0.1) is 0 Å². The highest BCUT2D eigenvalue weighted by molar-refractivity contribution is 8.07. The van der Waals surface area contributed by atoms with E-state index in [-0.39, 0.29) is 11.5 Å². The first-order chi connectivity index (χ1) is 12.4. The summed E-state index contributed by atoms with van der Waals surface area (Å²) in [5.41, 5.74) is 10.4. The molecule has 0 aromatic rings. The fourth-order valence-electron chi connectivity index (χ4n) is 3.18. The lowest BCUT2D eigenvalue weighted by Gasteiger charge is -2.24. The second-order valence-electron chi connectivity index (χ2n) is 5.91. The Labute approximate surface area is 154 Å². The summed E-state index contributed by atoms with van der Waals surface area (Å²) < 4.78 is 11.4. The van der Waals surface area contributed by atoms with Gasteiger partial charge < -0.3 is 4.74 Å². The Morgan fingerprint density at radius 2 is 2.32 bits per heavy atom. The highest BCUT2D eigenvalue weighted by Gasteiger charge is 2.40. The summed E-state index contributed by atoms with van der Waals surface area (Å²) in [5.74, 6) is 0.795. The van der Waals surface area contributed by atoms with Crippen LogP contribution in [-0.4, -0.2) is 46.8 Å². The van der Waals surface area contributed by atoms with Crippen molar-refractivity contribution in [1.29, 1.82) is 0 Å². The molecular weight excluding hydrogens is 360 g/mol. The van der Waals surface area contributed by atoms with Gasteiger partial charge >= 0.3 is 0 Å². The molecule has 0 saturated carbocycles. The number of hydrogen-bond acceptors (Lipinski definition) is 10. The van der Waals surface area contributed by atoms with Crippen LogP contribution in [0.15, 0.2) is 51.4 Å². The third-order valence-corrected chi connectivity index (χ3v) is 6.37. The molecule has 8 nitrogen and oxygen atoms in total. The molecule has 1 fully saturated rings. The van der Waals surface area contributed by atoms with Crippen molar-refractivity contribution in [2.75, 3.05) is 19.6 Å². The van der Waals surface area contributed by atoms with E-state index in [1.165, 1.54) is 12.0 Å². The molecular formula is C15H18N6O2S2. The molecule has 1 saturated heterocycles. The second kappa shape index (κ2) is 6.71. The highest BCUT2D eigenvalue weighted by atomic mass is 32.2. The van der Waals surface area contributed by atoms with Crippen LogP contribution in [0.5, 0.6) is 0 Å². The molecule has 5 heterocycles. The Balaban J connectivity index is 1.44. The maximum atomic E-state index is 6.26. The van der Waals surface area contributed by atoms with E-state index in [0.717, 1.165) is 47.5 Å². The SMILES string of the molecule is C1=CN(C2=C(C3=NC=CC3N3CCCN3)SC(C3=CNOS3)O2)NC1. The molecule has 0 aromatic carbocycles. The minimum absolute atomic E-state index is 0.133. The summed E-state index contributed by atoms with van der Waals surface area (Å²) in [6.45, 7) is 2.82. The Bertz CT molecular complexity index is 713. The second-order valence-corrected chi connectivity index (χ2v) is 7.78. The van der Waals surface area contributed by atoms with Crippen molar-refractivity contribution in [3.05, 3.63) is 46.4 Å². The lowest BCUT2D eigenvalue weighted by molar-refractivity contribution is 0.129. The molecule has 2 unspecified atom stereocenters. The zero-order chi connectivity index (χ0) is 16.6. The first kappa shape index (κ1) is 15.8. The van der Waals surface area contributed by atoms with Crippen LogP contribution < -0.4 is 16.3 Å². The van der Waals surface area contributed by atoms with Crippen molar-refractivity contribution in [2.24, 2.45) is 4.99 Å². The minimum atomic E-state index is -0.142. The Morgan fingerprint density at radius 1 is 1.32 bits per heavy atom. The van der Waals surface area contributed by atoms with Crippen molar-refractivity contribution in [3.63, 3.8) is 0 Å². The molecule has 0 amide bonds. The number of nitrogens with one attached hydrogen (secondary N) is 3. The van der Waals surface area contributed by atoms with Gasteiger partial charge in [0.1, 0.15) is 0 Å². The van der Waals surface area contributed by atoms with Gasteiger partial charge in [0.05, 0.1) is 33.6 Å². The van der Waals surface area contributed by atoms with Gasteiger partial charge in [0, 0.05) is 38.2 Å². The van der Waals surface area contributed by atoms with Gasteiger partial charge in [0.2, 0.25) is 5.88 Å². The molecule has 132 valence electrons. The van der Waals surface area contributed by atoms with Gasteiger partial charge in [-0.2, -0.15) is 0 Å². The molecule has 5 aliphatic heterocycles. The third kappa shape index (κ3) is 2.88. The molecule has 0 aromatic heterocycles. The van der Waals surface area contributed by atoms with Gasteiger partial charge in [-0.3, -0.25) is 20.9 Å². The van der Waals surface area contributed by atoms with Crippen molar-refractivity contribution >= 4 is 29.5 Å². The molecule has 0 spiro atoms. The van der Waals surface area contributed by atoms with E-state index in [1.54, 1.807) is 11.8 Å². The average Bonchev–Trinajstić information content (AvgIpc) is 3.48. The van der Waals surface area contributed by atoms with Crippen LogP contribution in [0.1, 0.15) is 6.42 Å². The van der Waals surface area contributed by atoms with E-state index in [1.807, 2.05) is 23.6 Å². The van der Waals surface area contributed by atoms with E-state index < -0.39 is 0 Å². The molecule has 2 atom stereocenters. The van der Waals surface area contributed by atoms with Crippen molar-refractivity contribution in [2.45, 2.75) is 17.9 Å². The zero-order valence-corrected chi connectivity index (χ0v) is 15.0. The molecule has 25 heavy (non-hydrogen) atoms. The quantitative estimate of drug-likeness (QED) is 0.625. The van der Waals surface area contributed by atoms with E-state index in [9.17, 15) is 0 Å². The lowest BCUT2D eigenvalue weighted by atomic mass is 10.1. The van der Waals surface area contributed by atoms with Crippen LogP contribution in [0, 0.1) is 0 Å². The summed E-state index contributed by atoms with van der Waals surface area (Å²) in [5, 5.41) is 4.19. The largest absolute Gasteiger partial charge is 0.457 e. The van der Waals surface area contributed by atoms with Gasteiger partial charge in [-0.25, -0.2) is 14.7 Å². The fourth-order valence-corrected chi connectivity index (χ4v) is 4.94. The standard InChI is InChI=1S/C15H18N6O2S2/c1-4-17-20(7-1)10-3-6-16-12(10)13-14(21-8-2-5-18-21)22-15(24-13)11-9-19-23-25-11/h2-3,6,8-10,15,17-19H,1,4-5,7H2. The number of thioether (sulfide) groups is 1. The van der Waals surface area contributed by atoms with Crippen LogP contribution in [0.2, 0.25) is 0 Å². The molecule has 5 rings (SSSR count). The number of hydrazine groups is 2. The van der Waals surface area contributed by atoms with Crippen molar-refractivity contribution in [1.82, 2.24) is 26.3 Å². The highest BCUT2D eigenvalue weighted by Crippen LogP contribution is 2.46. The van der Waals surface area contributed by atoms with Crippen LogP contribution in [0.3, 0.4) is 0 Å². The molecule has 0 radical (unpaired) electrons. The van der Waals surface area contributed by atoms with E-state index in [4.69, 9.17) is 9.02 Å². The zero-order valence-electron chi connectivity index (χ0n) is 13.3. The summed E-state index contributed by atoms with van der Waals surface area (Å²) in [6.07, 6.45) is 11.1. The summed E-state index contributed by atoms with van der Waals surface area (Å²) in [4.78, 5) is 6.73. The smallest absolute Gasteiger partial charge is 0.225 e. The predicted octanol–water partition coefficient (Wildman–Crippen LogP) is 1.15. The summed E-state index contributed by atoms with van der Waals surface area (Å²) in [6, 6.07) is 0.133. The number of aliphatic imine (C=N–C) groups is 1. The molecule has 0 bridgehead atoms. The lowest BCUT2D eigenvalue weighted by Crippen LogP contribution is -2.43. The number of hydroxylamine groups is 1. The molecule has 5 aliphatic rings. The maximum absolute atomic E-state index is 6.26. The number of rotatable bonds is 4. The minimum Gasteiger partial charge on any atom is -0.457 e. The first-order valence-electron chi connectivity index (χ1n) is 8.21. The Hall–Kier alpha value is -1.43. The third-order valence-electron chi connectivity index (χ3n) is 4.33. The van der Waals surface area contributed by atoms with Crippen LogP contribution in [0.4, 0.5) is 0 Å². The van der Waals surface area contributed by atoms with Gasteiger partial charge in [-0.05, 0) is 12.5 Å².